The van der Waals surface area contributed by atoms with Crippen LogP contribution in [0.15, 0.2) is 41.1 Å². The molecule has 1 heterocycles. The summed E-state index contributed by atoms with van der Waals surface area (Å²) in [6.07, 6.45) is -0.672. The number of nitrogens with one attached hydrogen (secondary N) is 2. The highest BCUT2D eigenvalue weighted by Crippen LogP contribution is 2.15. The second-order valence-corrected chi connectivity index (χ2v) is 5.00. The summed E-state index contributed by atoms with van der Waals surface area (Å²) >= 11 is 1.52. The highest BCUT2D eigenvalue weighted by Gasteiger charge is 2.10. The molecule has 0 aliphatic rings. The minimum absolute atomic E-state index is 0.189. The van der Waals surface area contributed by atoms with Gasteiger partial charge in [-0.1, -0.05) is 18.2 Å². The highest BCUT2D eigenvalue weighted by atomic mass is 32.1. The Morgan fingerprint density at radius 1 is 1.37 bits per heavy atom. The lowest BCUT2D eigenvalue weighted by Gasteiger charge is -2.12. The molecule has 2 amide bonds. The molecule has 0 spiro atoms. The maximum absolute atomic E-state index is 11.7. The van der Waals surface area contributed by atoms with Crippen molar-refractivity contribution in [1.82, 2.24) is 5.32 Å². The number of amides is 2. The van der Waals surface area contributed by atoms with Crippen molar-refractivity contribution in [3.63, 3.8) is 0 Å². The van der Waals surface area contributed by atoms with Crippen LogP contribution in [0, 0.1) is 6.92 Å². The molecule has 5 heteroatoms. The van der Waals surface area contributed by atoms with E-state index in [4.69, 9.17) is 0 Å². The van der Waals surface area contributed by atoms with Gasteiger partial charge in [0, 0.05) is 12.2 Å². The molecule has 0 fully saturated rings. The van der Waals surface area contributed by atoms with Gasteiger partial charge in [0.2, 0.25) is 0 Å². The first-order chi connectivity index (χ1) is 9.16. The van der Waals surface area contributed by atoms with Crippen LogP contribution in [0.5, 0.6) is 0 Å². The van der Waals surface area contributed by atoms with Crippen molar-refractivity contribution in [3.05, 3.63) is 52.2 Å². The van der Waals surface area contributed by atoms with Crippen molar-refractivity contribution < 1.29 is 9.90 Å². The molecule has 1 aromatic carbocycles. The van der Waals surface area contributed by atoms with Crippen LogP contribution < -0.4 is 10.6 Å². The SMILES string of the molecule is Cc1ccccc1NC(=O)NC[C@@H](O)c1ccsc1. The third kappa shape index (κ3) is 3.81. The monoisotopic (exact) mass is 276 g/mol. The first-order valence-electron chi connectivity index (χ1n) is 5.97. The molecule has 19 heavy (non-hydrogen) atoms. The molecule has 1 atom stereocenters. The smallest absolute Gasteiger partial charge is 0.319 e. The van der Waals surface area contributed by atoms with E-state index in [-0.39, 0.29) is 12.6 Å². The number of anilines is 1. The summed E-state index contributed by atoms with van der Waals surface area (Å²) in [6.45, 7) is 2.12. The second kappa shape index (κ2) is 6.36. The maximum atomic E-state index is 11.7. The number of para-hydroxylation sites is 1. The number of hydrogen-bond acceptors (Lipinski definition) is 3. The van der Waals surface area contributed by atoms with Gasteiger partial charge < -0.3 is 15.7 Å². The average molecular weight is 276 g/mol. The molecule has 0 unspecified atom stereocenters. The van der Waals surface area contributed by atoms with Crippen LogP contribution in [0.4, 0.5) is 10.5 Å². The number of carbonyl (C=O) groups is 1. The maximum Gasteiger partial charge on any atom is 0.319 e. The van der Waals surface area contributed by atoms with Gasteiger partial charge in [-0.25, -0.2) is 4.79 Å². The number of hydrogen-bond donors (Lipinski definition) is 3. The Morgan fingerprint density at radius 2 is 2.16 bits per heavy atom. The molecular weight excluding hydrogens is 260 g/mol. The molecule has 0 saturated carbocycles. The van der Waals surface area contributed by atoms with Gasteiger partial charge in [0.05, 0.1) is 6.10 Å². The minimum atomic E-state index is -0.672. The number of carbonyl (C=O) groups excluding carboxylic acids is 1. The van der Waals surface area contributed by atoms with Crippen LogP contribution in [-0.2, 0) is 0 Å². The first kappa shape index (κ1) is 13.6. The van der Waals surface area contributed by atoms with Crippen molar-refractivity contribution in [1.29, 1.82) is 0 Å². The Labute approximate surface area is 116 Å². The van der Waals surface area contributed by atoms with Gasteiger partial charge in [0.15, 0.2) is 0 Å². The van der Waals surface area contributed by atoms with Gasteiger partial charge in [-0.2, -0.15) is 11.3 Å². The number of rotatable bonds is 4. The zero-order valence-corrected chi connectivity index (χ0v) is 11.4. The number of aliphatic hydroxyl groups is 1. The number of benzene rings is 1. The summed E-state index contributed by atoms with van der Waals surface area (Å²) in [4.78, 5) is 11.7. The van der Waals surface area contributed by atoms with E-state index in [9.17, 15) is 9.90 Å². The van der Waals surface area contributed by atoms with Gasteiger partial charge in [0.25, 0.3) is 0 Å². The van der Waals surface area contributed by atoms with Crippen molar-refractivity contribution in [2.75, 3.05) is 11.9 Å². The molecule has 2 rings (SSSR count). The van der Waals surface area contributed by atoms with Crippen molar-refractivity contribution in [3.8, 4) is 0 Å². The van der Waals surface area contributed by atoms with E-state index in [0.717, 1.165) is 16.8 Å². The summed E-state index contributed by atoms with van der Waals surface area (Å²) in [7, 11) is 0. The van der Waals surface area contributed by atoms with Gasteiger partial charge in [-0.15, -0.1) is 0 Å². The van der Waals surface area contributed by atoms with E-state index in [1.165, 1.54) is 11.3 Å². The van der Waals surface area contributed by atoms with Gasteiger partial charge in [-0.3, -0.25) is 0 Å². The normalized spacial score (nSPS) is 11.9. The minimum Gasteiger partial charge on any atom is -0.387 e. The van der Waals surface area contributed by atoms with Crippen LogP contribution in [0.2, 0.25) is 0 Å². The molecule has 0 bridgehead atoms. The molecule has 1 aromatic heterocycles. The summed E-state index contributed by atoms with van der Waals surface area (Å²) in [5.74, 6) is 0. The Kier molecular flexibility index (Phi) is 4.54. The Morgan fingerprint density at radius 3 is 2.84 bits per heavy atom. The summed E-state index contributed by atoms with van der Waals surface area (Å²) in [6, 6.07) is 9.07. The lowest BCUT2D eigenvalue weighted by molar-refractivity contribution is 0.175. The van der Waals surface area contributed by atoms with Crippen LogP contribution in [0.3, 0.4) is 0 Å². The number of urea groups is 1. The van der Waals surface area contributed by atoms with Gasteiger partial charge in [0.1, 0.15) is 0 Å². The van der Waals surface area contributed by atoms with Gasteiger partial charge in [-0.05, 0) is 40.9 Å². The molecule has 0 aliphatic heterocycles. The standard InChI is InChI=1S/C14H16N2O2S/c1-10-4-2-3-5-12(10)16-14(18)15-8-13(17)11-6-7-19-9-11/h2-7,9,13,17H,8H2,1H3,(H2,15,16,18)/t13-/m1/s1. The predicted molar refractivity (Wildman–Crippen MR) is 77.5 cm³/mol. The second-order valence-electron chi connectivity index (χ2n) is 4.22. The van der Waals surface area contributed by atoms with E-state index < -0.39 is 6.10 Å². The number of aliphatic hydroxyl groups excluding tert-OH is 1. The highest BCUT2D eigenvalue weighted by molar-refractivity contribution is 7.07. The fourth-order valence-corrected chi connectivity index (χ4v) is 2.36. The lowest BCUT2D eigenvalue weighted by atomic mass is 10.2. The molecule has 4 nitrogen and oxygen atoms in total. The van der Waals surface area contributed by atoms with Crippen LogP contribution in [0.25, 0.3) is 0 Å². The Hall–Kier alpha value is -1.85. The van der Waals surface area contributed by atoms with Crippen LogP contribution in [0.1, 0.15) is 17.2 Å². The third-order valence-electron chi connectivity index (χ3n) is 2.78. The fraction of sp³-hybridized carbons (Fsp3) is 0.214. The zero-order valence-electron chi connectivity index (χ0n) is 10.6. The van der Waals surface area contributed by atoms with Gasteiger partial charge >= 0.3 is 6.03 Å². The molecule has 100 valence electrons. The van der Waals surface area contributed by atoms with Crippen molar-refractivity contribution >= 4 is 23.1 Å². The zero-order chi connectivity index (χ0) is 13.7. The van der Waals surface area contributed by atoms with Crippen LogP contribution in [-0.4, -0.2) is 17.7 Å². The molecule has 0 saturated heterocycles. The van der Waals surface area contributed by atoms with E-state index in [1.807, 2.05) is 48.0 Å². The predicted octanol–water partition coefficient (Wildman–Crippen LogP) is 2.91. The van der Waals surface area contributed by atoms with E-state index in [0.29, 0.717) is 0 Å². The molecule has 0 aliphatic carbocycles. The third-order valence-corrected chi connectivity index (χ3v) is 3.48. The first-order valence-corrected chi connectivity index (χ1v) is 6.92. The molecule has 3 N–H and O–H groups in total. The number of aryl methyl sites for hydroxylation is 1. The Bertz CT molecular complexity index is 540. The largest absolute Gasteiger partial charge is 0.387 e. The summed E-state index contributed by atoms with van der Waals surface area (Å²) in [5, 5.41) is 19.0. The average Bonchev–Trinajstić information content (AvgIpc) is 2.93. The summed E-state index contributed by atoms with van der Waals surface area (Å²) in [5.41, 5.74) is 2.59. The van der Waals surface area contributed by atoms with E-state index in [1.54, 1.807) is 0 Å². The van der Waals surface area contributed by atoms with E-state index in [2.05, 4.69) is 10.6 Å². The number of thiophene rings is 1. The lowest BCUT2D eigenvalue weighted by Crippen LogP contribution is -2.32. The fourth-order valence-electron chi connectivity index (χ4n) is 1.65. The van der Waals surface area contributed by atoms with Crippen molar-refractivity contribution in [2.45, 2.75) is 13.0 Å². The quantitative estimate of drug-likeness (QED) is 0.804. The Balaban J connectivity index is 1.84. The molecular formula is C14H16N2O2S. The summed E-state index contributed by atoms with van der Waals surface area (Å²) < 4.78 is 0. The topological polar surface area (TPSA) is 61.4 Å². The molecule has 0 radical (unpaired) electrons. The van der Waals surface area contributed by atoms with Crippen molar-refractivity contribution in [2.24, 2.45) is 0 Å². The molecule has 2 aromatic rings. The van der Waals surface area contributed by atoms with Crippen LogP contribution >= 0.6 is 11.3 Å². The van der Waals surface area contributed by atoms with E-state index >= 15 is 0 Å².